The standard InChI is InChI=1S/C30H28O9S/c1-30(29(33)34-2)38-23-22(18-35-26(31)19-12-6-3-7-13-19)36-28(40-21-16-10-5-11-17-21)25(24(23)39-30)37-27(32)20-14-8-4-9-15-20/h3-17,22-25,28H,18H2,1-2H3/t22-,23+,24+,25-,28+,30+/m1/s1. The van der Waals surface area contributed by atoms with Crippen molar-refractivity contribution < 1.29 is 42.8 Å². The number of esters is 3. The van der Waals surface area contributed by atoms with Gasteiger partial charge in [0.05, 0.1) is 18.2 Å². The van der Waals surface area contributed by atoms with Gasteiger partial charge in [0.1, 0.15) is 30.4 Å². The van der Waals surface area contributed by atoms with Crippen molar-refractivity contribution in [2.45, 2.75) is 47.5 Å². The number of rotatable bonds is 8. The molecule has 6 atom stereocenters. The van der Waals surface area contributed by atoms with Crippen molar-refractivity contribution in [3.8, 4) is 0 Å². The van der Waals surface area contributed by atoms with E-state index in [0.29, 0.717) is 11.1 Å². The number of thioether (sulfide) groups is 1. The van der Waals surface area contributed by atoms with Gasteiger partial charge in [-0.25, -0.2) is 14.4 Å². The summed E-state index contributed by atoms with van der Waals surface area (Å²) < 4.78 is 35.1. The Labute approximate surface area is 235 Å². The number of hydrogen-bond acceptors (Lipinski definition) is 10. The molecule has 0 N–H and O–H groups in total. The average Bonchev–Trinajstić information content (AvgIpc) is 3.37. The van der Waals surface area contributed by atoms with Crippen LogP contribution in [0.1, 0.15) is 27.6 Å². The molecular weight excluding hydrogens is 536 g/mol. The monoisotopic (exact) mass is 564 g/mol. The Morgan fingerprint density at radius 2 is 1.35 bits per heavy atom. The first kappa shape index (κ1) is 27.9. The van der Waals surface area contributed by atoms with Crippen molar-refractivity contribution in [1.29, 1.82) is 0 Å². The van der Waals surface area contributed by atoms with Gasteiger partial charge in [-0.05, 0) is 36.4 Å². The van der Waals surface area contributed by atoms with Crippen LogP contribution >= 0.6 is 11.8 Å². The van der Waals surface area contributed by atoms with E-state index in [1.807, 2.05) is 30.3 Å². The van der Waals surface area contributed by atoms with E-state index >= 15 is 0 Å². The highest BCUT2D eigenvalue weighted by Crippen LogP contribution is 2.43. The largest absolute Gasteiger partial charge is 0.465 e. The molecule has 2 saturated heterocycles. The van der Waals surface area contributed by atoms with Gasteiger partial charge in [-0.1, -0.05) is 66.4 Å². The summed E-state index contributed by atoms with van der Waals surface area (Å²) in [6.07, 6.45) is -3.70. The molecule has 0 bridgehead atoms. The molecule has 208 valence electrons. The summed E-state index contributed by atoms with van der Waals surface area (Å²) in [6.45, 7) is 1.24. The molecule has 2 aliphatic rings. The highest BCUT2D eigenvalue weighted by Gasteiger charge is 2.61. The molecule has 0 aliphatic carbocycles. The Morgan fingerprint density at radius 1 is 0.800 bits per heavy atom. The molecule has 10 heteroatoms. The zero-order valence-electron chi connectivity index (χ0n) is 21.8. The minimum atomic E-state index is -1.79. The molecule has 40 heavy (non-hydrogen) atoms. The molecule has 0 saturated carbocycles. The first-order valence-electron chi connectivity index (χ1n) is 12.7. The summed E-state index contributed by atoms with van der Waals surface area (Å²) in [7, 11) is 1.22. The summed E-state index contributed by atoms with van der Waals surface area (Å²) in [5.41, 5.74) is -0.0702. The molecule has 2 aliphatic heterocycles. The Kier molecular flexibility index (Phi) is 8.51. The van der Waals surface area contributed by atoms with Gasteiger partial charge in [0.15, 0.2) is 6.10 Å². The van der Waals surface area contributed by atoms with Gasteiger partial charge in [0.2, 0.25) is 0 Å². The number of ether oxygens (including phenoxy) is 6. The molecule has 0 amide bonds. The predicted octanol–water partition coefficient (Wildman–Crippen LogP) is 4.26. The molecule has 0 unspecified atom stereocenters. The fourth-order valence-electron chi connectivity index (χ4n) is 4.55. The van der Waals surface area contributed by atoms with Crippen molar-refractivity contribution in [3.63, 3.8) is 0 Å². The van der Waals surface area contributed by atoms with Crippen LogP contribution in [0.2, 0.25) is 0 Å². The lowest BCUT2D eigenvalue weighted by molar-refractivity contribution is -0.208. The second-order valence-electron chi connectivity index (χ2n) is 9.28. The second kappa shape index (κ2) is 12.2. The topological polar surface area (TPSA) is 107 Å². The Balaban J connectivity index is 1.45. The van der Waals surface area contributed by atoms with Crippen LogP contribution in [0.4, 0.5) is 0 Å². The van der Waals surface area contributed by atoms with Gasteiger partial charge in [-0.15, -0.1) is 0 Å². The van der Waals surface area contributed by atoms with E-state index in [1.165, 1.54) is 25.8 Å². The maximum Gasteiger partial charge on any atom is 0.366 e. The second-order valence-corrected chi connectivity index (χ2v) is 10.4. The Hall–Kier alpha value is -3.70. The van der Waals surface area contributed by atoms with Crippen LogP contribution in [0.25, 0.3) is 0 Å². The lowest BCUT2D eigenvalue weighted by Gasteiger charge is -2.41. The number of fused-ring (bicyclic) bond motifs is 1. The predicted molar refractivity (Wildman–Crippen MR) is 143 cm³/mol. The fourth-order valence-corrected chi connectivity index (χ4v) is 5.68. The van der Waals surface area contributed by atoms with Crippen molar-refractivity contribution in [2.75, 3.05) is 13.7 Å². The third-order valence-electron chi connectivity index (χ3n) is 6.51. The molecule has 3 aromatic rings. The van der Waals surface area contributed by atoms with E-state index in [1.54, 1.807) is 60.7 Å². The number of benzene rings is 3. The number of carbonyl (C=O) groups excluding carboxylic acids is 3. The minimum absolute atomic E-state index is 0.194. The van der Waals surface area contributed by atoms with Crippen LogP contribution in [0.3, 0.4) is 0 Å². The third kappa shape index (κ3) is 6.05. The highest BCUT2D eigenvalue weighted by molar-refractivity contribution is 7.99. The molecule has 0 spiro atoms. The van der Waals surface area contributed by atoms with Crippen molar-refractivity contribution in [1.82, 2.24) is 0 Å². The zero-order valence-corrected chi connectivity index (χ0v) is 22.7. The van der Waals surface area contributed by atoms with E-state index in [4.69, 9.17) is 28.4 Å². The third-order valence-corrected chi connectivity index (χ3v) is 7.66. The quantitative estimate of drug-likeness (QED) is 0.291. The number of carbonyl (C=O) groups is 3. The smallest absolute Gasteiger partial charge is 0.366 e. The van der Waals surface area contributed by atoms with E-state index < -0.39 is 53.5 Å². The molecule has 0 radical (unpaired) electrons. The molecule has 2 heterocycles. The van der Waals surface area contributed by atoms with Gasteiger partial charge in [-0.2, -0.15) is 0 Å². The van der Waals surface area contributed by atoms with Crippen LogP contribution in [-0.4, -0.2) is 67.3 Å². The normalized spacial score (nSPS) is 27.3. The van der Waals surface area contributed by atoms with Gasteiger partial charge in [-0.3, -0.25) is 0 Å². The van der Waals surface area contributed by atoms with Crippen LogP contribution in [0.15, 0.2) is 95.9 Å². The maximum absolute atomic E-state index is 13.2. The van der Waals surface area contributed by atoms with Crippen molar-refractivity contribution in [3.05, 3.63) is 102 Å². The first-order chi connectivity index (χ1) is 19.4. The fraction of sp³-hybridized carbons (Fsp3) is 0.300. The molecule has 9 nitrogen and oxygen atoms in total. The maximum atomic E-state index is 13.2. The van der Waals surface area contributed by atoms with E-state index in [-0.39, 0.29) is 6.61 Å². The minimum Gasteiger partial charge on any atom is -0.465 e. The SMILES string of the molecule is COC(=O)[C@]1(C)O[C@H]2[C@@H](O1)[C@@H](COC(=O)c1ccccc1)O[C@@H](Sc1ccccc1)[C@@H]2OC(=O)c1ccccc1. The highest BCUT2D eigenvalue weighted by atomic mass is 32.2. The summed E-state index contributed by atoms with van der Waals surface area (Å²) >= 11 is 1.32. The first-order valence-corrected chi connectivity index (χ1v) is 13.6. The summed E-state index contributed by atoms with van der Waals surface area (Å²) in [5, 5.41) is 0. The Bertz CT molecular complexity index is 1320. The molecule has 0 aromatic heterocycles. The lowest BCUT2D eigenvalue weighted by Crippen LogP contribution is -2.57. The number of hydrogen-bond donors (Lipinski definition) is 0. The summed E-state index contributed by atoms with van der Waals surface area (Å²) in [4.78, 5) is 39.4. The zero-order chi connectivity index (χ0) is 28.1. The lowest BCUT2D eigenvalue weighted by atomic mass is 10.00. The van der Waals surface area contributed by atoms with Gasteiger partial charge < -0.3 is 28.4 Å². The van der Waals surface area contributed by atoms with Crippen molar-refractivity contribution in [2.24, 2.45) is 0 Å². The van der Waals surface area contributed by atoms with Crippen LogP contribution in [-0.2, 0) is 33.2 Å². The summed E-state index contributed by atoms with van der Waals surface area (Å²) in [5.74, 6) is -3.68. The average molecular weight is 565 g/mol. The molecule has 3 aromatic carbocycles. The number of methoxy groups -OCH3 is 1. The Morgan fingerprint density at radius 3 is 1.95 bits per heavy atom. The van der Waals surface area contributed by atoms with Gasteiger partial charge in [0, 0.05) is 11.8 Å². The van der Waals surface area contributed by atoms with Crippen molar-refractivity contribution >= 4 is 29.7 Å². The van der Waals surface area contributed by atoms with Crippen LogP contribution in [0.5, 0.6) is 0 Å². The van der Waals surface area contributed by atoms with Gasteiger partial charge >= 0.3 is 17.9 Å². The molecule has 5 rings (SSSR count). The van der Waals surface area contributed by atoms with E-state index in [2.05, 4.69) is 0 Å². The van der Waals surface area contributed by atoms with Crippen LogP contribution in [0, 0.1) is 0 Å². The van der Waals surface area contributed by atoms with Crippen LogP contribution < -0.4 is 0 Å². The molecular formula is C30H28O9S. The van der Waals surface area contributed by atoms with E-state index in [0.717, 1.165) is 4.90 Å². The summed E-state index contributed by atoms with van der Waals surface area (Å²) in [6, 6.07) is 26.5. The molecule has 2 fully saturated rings. The van der Waals surface area contributed by atoms with E-state index in [9.17, 15) is 14.4 Å². The van der Waals surface area contributed by atoms with Gasteiger partial charge in [0.25, 0.3) is 5.79 Å².